The van der Waals surface area contributed by atoms with E-state index in [1.54, 1.807) is 7.11 Å². The van der Waals surface area contributed by atoms with Crippen molar-refractivity contribution in [1.29, 1.82) is 0 Å². The maximum atomic E-state index is 5.27. The van der Waals surface area contributed by atoms with Crippen LogP contribution in [0.15, 0.2) is 59.7 Å². The molecule has 2 aromatic carbocycles. The highest BCUT2D eigenvalue weighted by molar-refractivity contribution is 5.83. The van der Waals surface area contributed by atoms with Crippen molar-refractivity contribution < 1.29 is 4.74 Å². The van der Waals surface area contributed by atoms with Crippen LogP contribution in [0, 0.1) is 0 Å². The minimum atomic E-state index is 0.845. The predicted molar refractivity (Wildman–Crippen MR) is 113 cm³/mol. The van der Waals surface area contributed by atoms with Gasteiger partial charge < -0.3 is 20.4 Å². The van der Waals surface area contributed by atoms with Crippen molar-refractivity contribution in [2.24, 2.45) is 4.99 Å². The monoisotopic (exact) mass is 364 g/mol. The Kier molecular flexibility index (Phi) is 6.74. The number of H-pyrrole nitrogens is 1. The minimum absolute atomic E-state index is 0.845. The van der Waals surface area contributed by atoms with Crippen LogP contribution in [0.3, 0.4) is 0 Å². The van der Waals surface area contributed by atoms with Gasteiger partial charge in [0.15, 0.2) is 5.96 Å². The van der Waals surface area contributed by atoms with Crippen LogP contribution in [0.25, 0.3) is 10.9 Å². The third-order valence-corrected chi connectivity index (χ3v) is 4.65. The second-order valence-corrected chi connectivity index (χ2v) is 6.49. The highest BCUT2D eigenvalue weighted by Gasteiger charge is 2.03. The molecule has 0 aliphatic rings. The number of aromatic nitrogens is 1. The second kappa shape index (κ2) is 9.67. The van der Waals surface area contributed by atoms with Crippen LogP contribution in [0.1, 0.15) is 17.5 Å². The lowest BCUT2D eigenvalue weighted by Gasteiger charge is -2.12. The molecule has 1 heterocycles. The quantitative estimate of drug-likeness (QED) is 0.326. The Morgan fingerprint density at radius 3 is 2.74 bits per heavy atom. The molecule has 0 spiro atoms. The summed E-state index contributed by atoms with van der Waals surface area (Å²) in [6.07, 6.45) is 5.10. The number of methoxy groups -OCH3 is 1. The molecular weight excluding hydrogens is 336 g/mol. The summed E-state index contributed by atoms with van der Waals surface area (Å²) in [5, 5.41) is 8.07. The first-order chi connectivity index (χ1) is 13.3. The Morgan fingerprint density at radius 2 is 1.89 bits per heavy atom. The molecule has 0 radical (unpaired) electrons. The number of ether oxygens (including phenoxy) is 1. The lowest BCUT2D eigenvalue weighted by atomic mass is 10.1. The fourth-order valence-electron chi connectivity index (χ4n) is 3.20. The van der Waals surface area contributed by atoms with Crippen molar-refractivity contribution >= 4 is 16.9 Å². The number of hydrogen-bond donors (Lipinski definition) is 3. The van der Waals surface area contributed by atoms with Crippen LogP contribution in [-0.2, 0) is 12.8 Å². The van der Waals surface area contributed by atoms with Crippen molar-refractivity contribution in [3.05, 3.63) is 65.9 Å². The lowest BCUT2D eigenvalue weighted by Crippen LogP contribution is -2.38. The zero-order valence-electron chi connectivity index (χ0n) is 16.1. The molecule has 5 nitrogen and oxygen atoms in total. The molecule has 0 atom stereocenters. The van der Waals surface area contributed by atoms with E-state index in [-0.39, 0.29) is 0 Å². The normalized spacial score (nSPS) is 11.6. The molecule has 3 aromatic rings. The van der Waals surface area contributed by atoms with Crippen molar-refractivity contribution in [1.82, 2.24) is 15.6 Å². The Bertz CT molecular complexity index is 885. The standard InChI is InChI=1S/C22H28N4O/c1-23-22(24-13-6-8-17-7-5-9-19(15-17)27-2)25-14-12-18-16-26-21-11-4-3-10-20(18)21/h3-5,7,9-11,15-16,26H,6,8,12-14H2,1-2H3,(H2,23,24,25). The van der Waals surface area contributed by atoms with Gasteiger partial charge in [0.25, 0.3) is 0 Å². The summed E-state index contributed by atoms with van der Waals surface area (Å²) in [6.45, 7) is 1.72. The van der Waals surface area contributed by atoms with Gasteiger partial charge in [-0.05, 0) is 48.6 Å². The van der Waals surface area contributed by atoms with E-state index < -0.39 is 0 Å². The number of nitrogens with zero attached hydrogens (tertiary/aromatic N) is 1. The van der Waals surface area contributed by atoms with Crippen LogP contribution in [0.4, 0.5) is 0 Å². The first-order valence-corrected chi connectivity index (χ1v) is 9.42. The summed E-state index contributed by atoms with van der Waals surface area (Å²) in [6, 6.07) is 16.6. The van der Waals surface area contributed by atoms with Crippen LogP contribution < -0.4 is 15.4 Å². The number of aryl methyl sites for hydroxylation is 1. The van der Waals surface area contributed by atoms with Crippen LogP contribution in [0.5, 0.6) is 5.75 Å². The number of nitrogens with one attached hydrogen (secondary N) is 3. The molecule has 0 amide bonds. The van der Waals surface area contributed by atoms with Crippen molar-refractivity contribution in [2.75, 3.05) is 27.2 Å². The molecule has 0 unspecified atom stereocenters. The van der Waals surface area contributed by atoms with Gasteiger partial charge in [-0.15, -0.1) is 0 Å². The third kappa shape index (κ3) is 5.26. The van der Waals surface area contributed by atoms with Gasteiger partial charge in [0.1, 0.15) is 5.75 Å². The molecule has 0 bridgehead atoms. The first-order valence-electron chi connectivity index (χ1n) is 9.42. The first kappa shape index (κ1) is 18.8. The lowest BCUT2D eigenvalue weighted by molar-refractivity contribution is 0.414. The van der Waals surface area contributed by atoms with Crippen molar-refractivity contribution in [3.63, 3.8) is 0 Å². The summed E-state index contributed by atoms with van der Waals surface area (Å²) in [4.78, 5) is 7.63. The van der Waals surface area contributed by atoms with Gasteiger partial charge in [-0.1, -0.05) is 30.3 Å². The largest absolute Gasteiger partial charge is 0.497 e. The number of aromatic amines is 1. The molecule has 1 aromatic heterocycles. The summed E-state index contributed by atoms with van der Waals surface area (Å²) in [7, 11) is 3.51. The summed E-state index contributed by atoms with van der Waals surface area (Å²) < 4.78 is 5.27. The molecule has 142 valence electrons. The van der Waals surface area contributed by atoms with E-state index in [1.807, 2.05) is 19.2 Å². The molecule has 5 heteroatoms. The van der Waals surface area contributed by atoms with E-state index in [0.29, 0.717) is 0 Å². The van der Waals surface area contributed by atoms with E-state index >= 15 is 0 Å². The summed E-state index contributed by atoms with van der Waals surface area (Å²) in [5.41, 5.74) is 3.80. The maximum absolute atomic E-state index is 5.27. The van der Waals surface area contributed by atoms with Crippen LogP contribution >= 0.6 is 0 Å². The van der Waals surface area contributed by atoms with E-state index in [9.17, 15) is 0 Å². The Balaban J connectivity index is 1.39. The Labute approximate surface area is 160 Å². The molecule has 27 heavy (non-hydrogen) atoms. The molecular formula is C22H28N4O. The van der Waals surface area contributed by atoms with E-state index in [2.05, 4.69) is 63.2 Å². The highest BCUT2D eigenvalue weighted by atomic mass is 16.5. The Morgan fingerprint density at radius 1 is 1.04 bits per heavy atom. The van der Waals surface area contributed by atoms with Crippen LogP contribution in [0.2, 0.25) is 0 Å². The number of fused-ring (bicyclic) bond motifs is 1. The molecule has 3 rings (SSSR count). The van der Waals surface area contributed by atoms with E-state index in [4.69, 9.17) is 4.74 Å². The molecule has 3 N–H and O–H groups in total. The smallest absolute Gasteiger partial charge is 0.190 e. The van der Waals surface area contributed by atoms with Gasteiger partial charge >= 0.3 is 0 Å². The number of hydrogen-bond acceptors (Lipinski definition) is 2. The molecule has 0 saturated carbocycles. The van der Waals surface area contributed by atoms with Crippen molar-refractivity contribution in [2.45, 2.75) is 19.3 Å². The van der Waals surface area contributed by atoms with Gasteiger partial charge in [0.05, 0.1) is 7.11 Å². The topological polar surface area (TPSA) is 61.4 Å². The van der Waals surface area contributed by atoms with Gasteiger partial charge in [-0.2, -0.15) is 0 Å². The molecule has 0 aliphatic heterocycles. The average Bonchev–Trinajstić information content (AvgIpc) is 3.13. The number of rotatable bonds is 8. The molecule has 0 aliphatic carbocycles. The SMILES string of the molecule is CN=C(NCCCc1cccc(OC)c1)NCCc1c[nH]c2ccccc12. The van der Waals surface area contributed by atoms with E-state index in [0.717, 1.165) is 44.1 Å². The number of benzene rings is 2. The Hall–Kier alpha value is -2.95. The van der Waals surface area contributed by atoms with Gasteiger partial charge in [-0.25, -0.2) is 0 Å². The highest BCUT2D eigenvalue weighted by Crippen LogP contribution is 2.17. The van der Waals surface area contributed by atoms with Gasteiger partial charge in [0.2, 0.25) is 0 Å². The molecule has 0 saturated heterocycles. The fourth-order valence-corrected chi connectivity index (χ4v) is 3.20. The average molecular weight is 364 g/mol. The summed E-state index contributed by atoms with van der Waals surface area (Å²) in [5.74, 6) is 1.76. The van der Waals surface area contributed by atoms with Crippen LogP contribution in [-0.4, -0.2) is 38.2 Å². The number of para-hydroxylation sites is 1. The third-order valence-electron chi connectivity index (χ3n) is 4.65. The molecule has 0 fully saturated rings. The minimum Gasteiger partial charge on any atom is -0.497 e. The maximum Gasteiger partial charge on any atom is 0.190 e. The fraction of sp³-hybridized carbons (Fsp3) is 0.318. The summed E-state index contributed by atoms with van der Waals surface area (Å²) >= 11 is 0. The zero-order valence-corrected chi connectivity index (χ0v) is 16.1. The predicted octanol–water partition coefficient (Wildman–Crippen LogP) is 3.52. The zero-order chi connectivity index (χ0) is 18.9. The number of aliphatic imine (C=N–C) groups is 1. The van der Waals surface area contributed by atoms with Gasteiger partial charge in [0, 0.05) is 37.2 Å². The van der Waals surface area contributed by atoms with E-state index in [1.165, 1.54) is 22.0 Å². The number of guanidine groups is 1. The second-order valence-electron chi connectivity index (χ2n) is 6.49. The van der Waals surface area contributed by atoms with Gasteiger partial charge in [-0.3, -0.25) is 4.99 Å². The van der Waals surface area contributed by atoms with Crippen molar-refractivity contribution in [3.8, 4) is 5.75 Å².